The molecule has 0 aromatic heterocycles. The van der Waals surface area contributed by atoms with E-state index in [-0.39, 0.29) is 11.8 Å². The molecule has 1 fully saturated rings. The molecule has 0 aromatic carbocycles. The van der Waals surface area contributed by atoms with Crippen molar-refractivity contribution in [1.82, 2.24) is 4.90 Å². The summed E-state index contributed by atoms with van der Waals surface area (Å²) in [5.41, 5.74) is 0. The lowest BCUT2D eigenvalue weighted by molar-refractivity contribution is -0.132. The van der Waals surface area contributed by atoms with Crippen molar-refractivity contribution < 1.29 is 9.59 Å². The first kappa shape index (κ1) is 8.40. The van der Waals surface area contributed by atoms with E-state index < -0.39 is 0 Å². The molecule has 0 amide bonds. The molecule has 1 aliphatic rings. The summed E-state index contributed by atoms with van der Waals surface area (Å²) in [7, 11) is 0. The van der Waals surface area contributed by atoms with Gasteiger partial charge in [-0.25, -0.2) is 0 Å². The molecule has 11 heavy (non-hydrogen) atoms. The minimum atomic E-state index is -0.260. The number of aldehydes is 1. The van der Waals surface area contributed by atoms with Crippen molar-refractivity contribution in [2.75, 3.05) is 13.1 Å². The zero-order valence-electron chi connectivity index (χ0n) is 6.75. The van der Waals surface area contributed by atoms with E-state index in [0.29, 0.717) is 6.29 Å². The molecule has 0 aliphatic carbocycles. The molecule has 0 N–H and O–H groups in total. The van der Waals surface area contributed by atoms with Crippen LogP contribution < -0.4 is 0 Å². The minimum Gasteiger partial charge on any atom is -0.295 e. The van der Waals surface area contributed by atoms with Crippen molar-refractivity contribution in [3.63, 3.8) is 0 Å². The van der Waals surface area contributed by atoms with Crippen molar-refractivity contribution in [2.24, 2.45) is 0 Å². The fraction of sp³-hybridized carbons (Fsp3) is 0.750. The van der Waals surface area contributed by atoms with Crippen molar-refractivity contribution in [3.8, 4) is 0 Å². The van der Waals surface area contributed by atoms with Gasteiger partial charge in [-0.1, -0.05) is 6.92 Å². The normalized spacial score (nSPS) is 25.4. The third kappa shape index (κ3) is 1.66. The molecule has 62 valence electrons. The first-order valence-electron chi connectivity index (χ1n) is 4.02. The lowest BCUT2D eigenvalue weighted by atomic mass is 10.1. The van der Waals surface area contributed by atoms with E-state index in [1.165, 1.54) is 0 Å². The summed E-state index contributed by atoms with van der Waals surface area (Å²) in [5.74, 6) is -0.260. The molecule has 1 rings (SSSR count). The standard InChI is InChI=1S/C8H13NO2/c1-2-9-5-3-4-7(9)8(11)6-10/h6-7H,2-5H2,1H3. The van der Waals surface area contributed by atoms with Gasteiger partial charge in [-0.3, -0.25) is 14.5 Å². The zero-order chi connectivity index (χ0) is 8.27. The average Bonchev–Trinajstić information content (AvgIpc) is 2.50. The molecular formula is C8H13NO2. The highest BCUT2D eigenvalue weighted by Crippen LogP contribution is 2.16. The second-order valence-corrected chi connectivity index (χ2v) is 2.81. The van der Waals surface area contributed by atoms with E-state index in [1.54, 1.807) is 0 Å². The Hall–Kier alpha value is -0.700. The Labute approximate surface area is 66.4 Å². The number of ketones is 1. The van der Waals surface area contributed by atoms with E-state index >= 15 is 0 Å². The van der Waals surface area contributed by atoms with Gasteiger partial charge in [0.15, 0.2) is 6.29 Å². The fourth-order valence-electron chi connectivity index (χ4n) is 1.61. The van der Waals surface area contributed by atoms with Crippen LogP contribution in [0.3, 0.4) is 0 Å². The molecule has 0 aromatic rings. The maximum absolute atomic E-state index is 11.0. The highest BCUT2D eigenvalue weighted by molar-refractivity contribution is 6.27. The Bertz CT molecular complexity index is 167. The van der Waals surface area contributed by atoms with Crippen LogP contribution in [0.15, 0.2) is 0 Å². The lowest BCUT2D eigenvalue weighted by Crippen LogP contribution is -2.36. The molecule has 0 bridgehead atoms. The third-order valence-corrected chi connectivity index (χ3v) is 2.21. The van der Waals surface area contributed by atoms with Gasteiger partial charge in [0.2, 0.25) is 5.78 Å². The van der Waals surface area contributed by atoms with Gasteiger partial charge < -0.3 is 0 Å². The van der Waals surface area contributed by atoms with E-state index in [1.807, 2.05) is 6.92 Å². The van der Waals surface area contributed by atoms with Crippen molar-refractivity contribution >= 4 is 12.1 Å². The number of nitrogens with zero attached hydrogens (tertiary/aromatic N) is 1. The number of Topliss-reactive ketones (excluding diaryl/α,β-unsaturated/α-hetero) is 1. The van der Waals surface area contributed by atoms with Gasteiger partial charge in [0.05, 0.1) is 6.04 Å². The van der Waals surface area contributed by atoms with Gasteiger partial charge in [-0.05, 0) is 25.9 Å². The molecule has 0 radical (unpaired) electrons. The number of likely N-dealkylation sites (N-methyl/N-ethyl adjacent to an activating group) is 1. The predicted molar refractivity (Wildman–Crippen MR) is 41.3 cm³/mol. The number of hydrogen-bond donors (Lipinski definition) is 0. The number of rotatable bonds is 3. The van der Waals surface area contributed by atoms with Gasteiger partial charge in [0.25, 0.3) is 0 Å². The number of carbonyl (C=O) groups is 2. The van der Waals surface area contributed by atoms with Crippen LogP contribution in [0, 0.1) is 0 Å². The molecule has 3 nitrogen and oxygen atoms in total. The summed E-state index contributed by atoms with van der Waals surface area (Å²) in [6, 6.07) is -0.113. The SMILES string of the molecule is CCN1CCCC1C(=O)C=O. The topological polar surface area (TPSA) is 37.4 Å². The van der Waals surface area contributed by atoms with Crippen molar-refractivity contribution in [2.45, 2.75) is 25.8 Å². The second kappa shape index (κ2) is 3.62. The molecule has 0 spiro atoms. The second-order valence-electron chi connectivity index (χ2n) is 2.81. The summed E-state index contributed by atoms with van der Waals surface area (Å²) in [6.07, 6.45) is 2.34. The van der Waals surface area contributed by atoms with Crippen LogP contribution in [-0.2, 0) is 9.59 Å². The maximum atomic E-state index is 11.0. The van der Waals surface area contributed by atoms with Crippen molar-refractivity contribution in [1.29, 1.82) is 0 Å². The number of hydrogen-bond acceptors (Lipinski definition) is 3. The van der Waals surface area contributed by atoms with Gasteiger partial charge in [-0.15, -0.1) is 0 Å². The monoisotopic (exact) mass is 155 g/mol. The smallest absolute Gasteiger partial charge is 0.212 e. The van der Waals surface area contributed by atoms with E-state index in [0.717, 1.165) is 25.9 Å². The Kier molecular flexibility index (Phi) is 2.76. The highest BCUT2D eigenvalue weighted by atomic mass is 16.2. The largest absolute Gasteiger partial charge is 0.295 e. The summed E-state index contributed by atoms with van der Waals surface area (Å²) in [4.78, 5) is 23.2. The summed E-state index contributed by atoms with van der Waals surface area (Å²) < 4.78 is 0. The van der Waals surface area contributed by atoms with Crippen LogP contribution in [0.2, 0.25) is 0 Å². The van der Waals surface area contributed by atoms with Gasteiger partial charge in [0, 0.05) is 0 Å². The van der Waals surface area contributed by atoms with Gasteiger partial charge in [-0.2, -0.15) is 0 Å². The minimum absolute atomic E-state index is 0.113. The predicted octanol–water partition coefficient (Wildman–Crippen LogP) is 0.239. The van der Waals surface area contributed by atoms with Gasteiger partial charge in [0.1, 0.15) is 0 Å². The molecule has 3 heteroatoms. The maximum Gasteiger partial charge on any atom is 0.212 e. The summed E-state index contributed by atoms with van der Waals surface area (Å²) in [6.45, 7) is 3.83. The Morgan fingerprint density at radius 2 is 2.45 bits per heavy atom. The molecule has 1 aliphatic heterocycles. The van der Waals surface area contributed by atoms with Crippen LogP contribution in [-0.4, -0.2) is 36.1 Å². The number of likely N-dealkylation sites (tertiary alicyclic amines) is 1. The van der Waals surface area contributed by atoms with Crippen LogP contribution in [0.5, 0.6) is 0 Å². The average molecular weight is 155 g/mol. The zero-order valence-corrected chi connectivity index (χ0v) is 6.75. The van der Waals surface area contributed by atoms with E-state index in [9.17, 15) is 9.59 Å². The Morgan fingerprint density at radius 1 is 1.73 bits per heavy atom. The highest BCUT2D eigenvalue weighted by Gasteiger charge is 2.28. The Balaban J connectivity index is 2.55. The molecule has 1 heterocycles. The van der Waals surface area contributed by atoms with Crippen LogP contribution in [0.25, 0.3) is 0 Å². The quantitative estimate of drug-likeness (QED) is 0.432. The van der Waals surface area contributed by atoms with Crippen LogP contribution >= 0.6 is 0 Å². The molecule has 0 saturated carbocycles. The fourth-order valence-corrected chi connectivity index (χ4v) is 1.61. The molecular weight excluding hydrogens is 142 g/mol. The van der Waals surface area contributed by atoms with E-state index in [4.69, 9.17) is 0 Å². The molecule has 1 saturated heterocycles. The van der Waals surface area contributed by atoms with Crippen LogP contribution in [0.1, 0.15) is 19.8 Å². The van der Waals surface area contributed by atoms with E-state index in [2.05, 4.69) is 4.90 Å². The molecule has 1 unspecified atom stereocenters. The van der Waals surface area contributed by atoms with Crippen LogP contribution in [0.4, 0.5) is 0 Å². The number of carbonyl (C=O) groups excluding carboxylic acids is 2. The summed E-state index contributed by atoms with van der Waals surface area (Å²) >= 11 is 0. The van der Waals surface area contributed by atoms with Gasteiger partial charge >= 0.3 is 0 Å². The third-order valence-electron chi connectivity index (χ3n) is 2.21. The molecule has 1 atom stereocenters. The van der Waals surface area contributed by atoms with Crippen molar-refractivity contribution in [3.05, 3.63) is 0 Å². The first-order valence-corrected chi connectivity index (χ1v) is 4.02. The Morgan fingerprint density at radius 3 is 3.00 bits per heavy atom. The summed E-state index contributed by atoms with van der Waals surface area (Å²) in [5, 5.41) is 0. The first-order chi connectivity index (χ1) is 5.29. The lowest BCUT2D eigenvalue weighted by Gasteiger charge is -2.18.